The number of benzene rings is 10. The summed E-state index contributed by atoms with van der Waals surface area (Å²) in [5.74, 6) is 0. The first-order valence-electron chi connectivity index (χ1n) is 21.8. The molecule has 0 aliphatic carbocycles. The molecule has 0 aliphatic rings. The summed E-state index contributed by atoms with van der Waals surface area (Å²) in [4.78, 5) is 4.23. The zero-order valence-corrected chi connectivity index (χ0v) is 34.9. The van der Waals surface area contributed by atoms with Crippen LogP contribution in [0.5, 0.6) is 0 Å². The summed E-state index contributed by atoms with van der Waals surface area (Å²) < 4.78 is 6.72. The van der Waals surface area contributed by atoms with Crippen molar-refractivity contribution in [2.75, 3.05) is 0 Å². The molecule has 3 heterocycles. The SMILES string of the molecule is [C-]#[N+]c1cc(-n2c3ccc(-n4c5ccccc5c5ccccc54)cc3c3c4ccccc4ccc32)cc(C#N)c1-n1c2ccc(-c3ccccc3)cc2c2cc(-c3ccccc3)ccc21. The van der Waals surface area contributed by atoms with Gasteiger partial charge in [-0.2, -0.15) is 5.26 Å². The van der Waals surface area contributed by atoms with Gasteiger partial charge in [-0.3, -0.25) is 0 Å². The summed E-state index contributed by atoms with van der Waals surface area (Å²) in [7, 11) is 0. The van der Waals surface area contributed by atoms with Crippen molar-refractivity contribution in [2.45, 2.75) is 0 Å². The minimum atomic E-state index is 0.398. The first-order valence-corrected chi connectivity index (χ1v) is 21.8. The van der Waals surface area contributed by atoms with Crippen molar-refractivity contribution in [3.63, 3.8) is 0 Å². The number of hydrogen-bond acceptors (Lipinski definition) is 1. The number of aromatic nitrogens is 3. The lowest BCUT2D eigenvalue weighted by Gasteiger charge is -2.16. The zero-order chi connectivity index (χ0) is 43.2. The summed E-state index contributed by atoms with van der Waals surface area (Å²) in [6.45, 7) is 8.75. The standard InChI is InChI=1S/C60H35N5/c1-62-52-36-45(32-43(37-61)60(52)65-55-28-25-41(38-14-4-2-5-15-38)33-49(55)50-34-42(26-29-56(50)65)39-16-6-3-7-17-39)64-57-31-27-44(35-51(57)59-46-19-9-8-18-40(46)24-30-58(59)64)63-53-22-12-10-20-47(53)48-21-11-13-23-54(48)63/h2-36H. The molecule has 5 nitrogen and oxygen atoms in total. The lowest BCUT2D eigenvalue weighted by atomic mass is 10.0. The van der Waals surface area contributed by atoms with Gasteiger partial charge in [0.1, 0.15) is 6.07 Å². The maximum atomic E-state index is 11.2. The summed E-state index contributed by atoms with van der Waals surface area (Å²) in [5, 5.41) is 20.2. The van der Waals surface area contributed by atoms with E-state index in [0.717, 1.165) is 99.0 Å². The molecule has 0 radical (unpaired) electrons. The predicted molar refractivity (Wildman–Crippen MR) is 269 cm³/mol. The monoisotopic (exact) mass is 825 g/mol. The van der Waals surface area contributed by atoms with E-state index < -0.39 is 0 Å². The van der Waals surface area contributed by atoms with Gasteiger partial charge >= 0.3 is 0 Å². The van der Waals surface area contributed by atoms with E-state index in [-0.39, 0.29) is 0 Å². The Kier molecular flexibility index (Phi) is 7.97. The van der Waals surface area contributed by atoms with E-state index in [1.807, 2.05) is 24.3 Å². The molecule has 5 heteroatoms. The summed E-state index contributed by atoms with van der Waals surface area (Å²) in [5.41, 5.74) is 13.8. The molecule has 13 rings (SSSR count). The van der Waals surface area contributed by atoms with E-state index >= 15 is 0 Å². The number of para-hydroxylation sites is 2. The largest absolute Gasteiger partial charge is 0.318 e. The number of hydrogen-bond donors (Lipinski definition) is 0. The number of fused-ring (bicyclic) bond motifs is 11. The van der Waals surface area contributed by atoms with Crippen LogP contribution < -0.4 is 0 Å². The molecule has 0 fully saturated rings. The molecule has 0 saturated carbocycles. The summed E-state index contributed by atoms with van der Waals surface area (Å²) >= 11 is 0. The first-order chi connectivity index (χ1) is 32.2. The van der Waals surface area contributed by atoms with Crippen molar-refractivity contribution in [3.8, 4) is 45.4 Å². The van der Waals surface area contributed by atoms with Gasteiger partial charge in [0.25, 0.3) is 0 Å². The molecule has 3 aromatic heterocycles. The third kappa shape index (κ3) is 5.44. The van der Waals surface area contributed by atoms with Gasteiger partial charge in [0.15, 0.2) is 0 Å². The Morgan fingerprint density at radius 2 is 0.877 bits per heavy atom. The quantitative estimate of drug-likeness (QED) is 0.159. The molecule has 0 bridgehead atoms. The second-order valence-electron chi connectivity index (χ2n) is 16.7. The molecule has 65 heavy (non-hydrogen) atoms. The lowest BCUT2D eigenvalue weighted by Crippen LogP contribution is -2.02. The number of nitriles is 1. The zero-order valence-electron chi connectivity index (χ0n) is 34.9. The molecule has 0 N–H and O–H groups in total. The minimum absolute atomic E-state index is 0.398. The Labute approximate surface area is 373 Å². The lowest BCUT2D eigenvalue weighted by molar-refractivity contribution is 1.14. The molecule has 13 aromatic rings. The molecule has 0 unspecified atom stereocenters. The van der Waals surface area contributed by atoms with Crippen LogP contribution in [0.2, 0.25) is 0 Å². The van der Waals surface area contributed by atoms with Crippen molar-refractivity contribution in [1.82, 2.24) is 13.7 Å². The minimum Gasteiger partial charge on any atom is -0.318 e. The van der Waals surface area contributed by atoms with Gasteiger partial charge in [-0.15, -0.1) is 0 Å². The van der Waals surface area contributed by atoms with Crippen molar-refractivity contribution in [1.29, 1.82) is 5.26 Å². The van der Waals surface area contributed by atoms with Crippen LogP contribution in [0.15, 0.2) is 212 Å². The first kappa shape index (κ1) is 36.5. The van der Waals surface area contributed by atoms with Crippen LogP contribution in [0.1, 0.15) is 5.56 Å². The molecular formula is C60H35N5. The Morgan fingerprint density at radius 3 is 1.49 bits per heavy atom. The molecule has 0 atom stereocenters. The predicted octanol–water partition coefficient (Wildman–Crippen LogP) is 15.9. The van der Waals surface area contributed by atoms with E-state index in [9.17, 15) is 5.26 Å². The molecule has 0 amide bonds. The van der Waals surface area contributed by atoms with E-state index in [0.29, 0.717) is 16.9 Å². The second-order valence-corrected chi connectivity index (χ2v) is 16.7. The van der Waals surface area contributed by atoms with Crippen LogP contribution in [0.3, 0.4) is 0 Å². The van der Waals surface area contributed by atoms with Crippen molar-refractivity contribution in [3.05, 3.63) is 229 Å². The van der Waals surface area contributed by atoms with Crippen LogP contribution in [0.25, 0.3) is 120 Å². The maximum absolute atomic E-state index is 11.2. The van der Waals surface area contributed by atoms with Crippen LogP contribution in [-0.4, -0.2) is 13.7 Å². The average Bonchev–Trinajstić information content (AvgIpc) is 4.01. The van der Waals surface area contributed by atoms with Gasteiger partial charge in [-0.05, 0) is 106 Å². The van der Waals surface area contributed by atoms with Crippen molar-refractivity contribution in [2.24, 2.45) is 0 Å². The molecule has 0 aliphatic heterocycles. The highest BCUT2D eigenvalue weighted by molar-refractivity contribution is 6.22. The van der Waals surface area contributed by atoms with Gasteiger partial charge in [-0.1, -0.05) is 140 Å². The highest BCUT2D eigenvalue weighted by Crippen LogP contribution is 2.44. The van der Waals surface area contributed by atoms with E-state index in [2.05, 4.69) is 213 Å². The maximum Gasteiger partial charge on any atom is 0.214 e. The summed E-state index contributed by atoms with van der Waals surface area (Å²) in [6, 6.07) is 77.1. The Morgan fingerprint density at radius 1 is 0.369 bits per heavy atom. The molecule has 300 valence electrons. The number of nitrogens with zero attached hydrogens (tertiary/aromatic N) is 5. The van der Waals surface area contributed by atoms with E-state index in [4.69, 9.17) is 6.57 Å². The average molecular weight is 826 g/mol. The molecule has 0 spiro atoms. The van der Waals surface area contributed by atoms with Crippen LogP contribution in [-0.2, 0) is 0 Å². The fourth-order valence-electron chi connectivity index (χ4n) is 10.4. The third-order valence-electron chi connectivity index (χ3n) is 13.3. The molecular weight excluding hydrogens is 791 g/mol. The van der Waals surface area contributed by atoms with Crippen LogP contribution in [0.4, 0.5) is 5.69 Å². The van der Waals surface area contributed by atoms with Gasteiger partial charge in [-0.25, -0.2) is 4.85 Å². The van der Waals surface area contributed by atoms with Crippen LogP contribution in [0, 0.1) is 17.9 Å². The third-order valence-corrected chi connectivity index (χ3v) is 13.3. The smallest absolute Gasteiger partial charge is 0.214 e. The summed E-state index contributed by atoms with van der Waals surface area (Å²) in [6.07, 6.45) is 0. The number of rotatable bonds is 5. The normalized spacial score (nSPS) is 11.7. The van der Waals surface area contributed by atoms with E-state index in [1.165, 1.54) is 10.8 Å². The Balaban J connectivity index is 1.07. The van der Waals surface area contributed by atoms with Crippen LogP contribution >= 0.6 is 0 Å². The fraction of sp³-hybridized carbons (Fsp3) is 0. The Bertz CT molecular complexity index is 4010. The van der Waals surface area contributed by atoms with E-state index in [1.54, 1.807) is 0 Å². The van der Waals surface area contributed by atoms with Gasteiger partial charge in [0.05, 0.1) is 50.9 Å². The molecule has 0 saturated heterocycles. The highest BCUT2D eigenvalue weighted by atomic mass is 15.0. The Hall–Kier alpha value is -9.16. The second kappa shape index (κ2) is 14.2. The van der Waals surface area contributed by atoms with Gasteiger partial charge < -0.3 is 13.7 Å². The van der Waals surface area contributed by atoms with Gasteiger partial charge in [0.2, 0.25) is 5.69 Å². The topological polar surface area (TPSA) is 42.9 Å². The highest BCUT2D eigenvalue weighted by Gasteiger charge is 2.24. The van der Waals surface area contributed by atoms with Gasteiger partial charge in [0, 0.05) is 43.7 Å². The fourth-order valence-corrected chi connectivity index (χ4v) is 10.4. The van der Waals surface area contributed by atoms with Crippen molar-refractivity contribution >= 4 is 81.9 Å². The van der Waals surface area contributed by atoms with Crippen molar-refractivity contribution < 1.29 is 0 Å². The molecule has 10 aromatic carbocycles.